The summed E-state index contributed by atoms with van der Waals surface area (Å²) in [7, 11) is 0. The van der Waals surface area contributed by atoms with Crippen LogP contribution in [0.25, 0.3) is 0 Å². The van der Waals surface area contributed by atoms with Gasteiger partial charge in [-0.2, -0.15) is 0 Å². The quantitative estimate of drug-likeness (QED) is 0.721. The summed E-state index contributed by atoms with van der Waals surface area (Å²) >= 11 is 1.54. The van der Waals surface area contributed by atoms with E-state index in [-0.39, 0.29) is 11.9 Å². The Labute approximate surface area is 169 Å². The SMILES string of the molecule is CCOC(=O)[C@@]1(Cc2ccccc2)CCCN1C(=O)c1cc2c(s1)CCOC2. The lowest BCUT2D eigenvalue weighted by atomic mass is 9.87. The third-order valence-corrected chi connectivity index (χ3v) is 6.79. The Balaban J connectivity index is 1.67. The number of fused-ring (bicyclic) bond motifs is 1. The molecule has 2 aliphatic heterocycles. The van der Waals surface area contributed by atoms with Crippen LogP contribution in [0, 0.1) is 0 Å². The second-order valence-electron chi connectivity index (χ2n) is 7.34. The third kappa shape index (κ3) is 3.47. The van der Waals surface area contributed by atoms with E-state index in [9.17, 15) is 9.59 Å². The summed E-state index contributed by atoms with van der Waals surface area (Å²) in [4.78, 5) is 30.2. The first-order valence-corrected chi connectivity index (χ1v) is 10.7. The number of carbonyl (C=O) groups excluding carboxylic acids is 2. The van der Waals surface area contributed by atoms with Gasteiger partial charge in [0.2, 0.25) is 0 Å². The molecule has 1 saturated heterocycles. The number of likely N-dealkylation sites (tertiary alicyclic amines) is 1. The normalized spacial score (nSPS) is 21.4. The van der Waals surface area contributed by atoms with Crippen molar-refractivity contribution in [3.05, 3.63) is 57.3 Å². The molecule has 0 radical (unpaired) electrons. The van der Waals surface area contributed by atoms with Crippen molar-refractivity contribution in [3.8, 4) is 0 Å². The standard InChI is InChI=1S/C22H25NO4S/c1-2-27-21(25)22(14-16-7-4-3-5-8-16)10-6-11-23(22)20(24)19-13-17-15-26-12-9-18(17)28-19/h3-5,7-8,13H,2,6,9-12,14-15H2,1H3/t22-/m0/s1. The molecule has 1 fully saturated rings. The van der Waals surface area contributed by atoms with Crippen LogP contribution in [0.15, 0.2) is 36.4 Å². The minimum atomic E-state index is -0.935. The highest BCUT2D eigenvalue weighted by Crippen LogP contribution is 2.37. The number of carbonyl (C=O) groups is 2. The van der Waals surface area contributed by atoms with Crippen LogP contribution in [0.3, 0.4) is 0 Å². The number of benzene rings is 1. The van der Waals surface area contributed by atoms with Gasteiger partial charge in [0.15, 0.2) is 0 Å². The minimum Gasteiger partial charge on any atom is -0.464 e. The summed E-state index contributed by atoms with van der Waals surface area (Å²) < 4.78 is 11.0. The Morgan fingerprint density at radius 1 is 1.29 bits per heavy atom. The molecular weight excluding hydrogens is 374 g/mol. The van der Waals surface area contributed by atoms with Gasteiger partial charge in [0, 0.05) is 24.3 Å². The highest BCUT2D eigenvalue weighted by atomic mass is 32.1. The summed E-state index contributed by atoms with van der Waals surface area (Å²) in [5, 5.41) is 0. The number of hydrogen-bond donors (Lipinski definition) is 0. The van der Waals surface area contributed by atoms with Crippen molar-refractivity contribution in [1.29, 1.82) is 0 Å². The summed E-state index contributed by atoms with van der Waals surface area (Å²) in [5.41, 5.74) is 1.20. The Morgan fingerprint density at radius 2 is 2.11 bits per heavy atom. The first-order valence-electron chi connectivity index (χ1n) is 9.86. The topological polar surface area (TPSA) is 55.8 Å². The van der Waals surface area contributed by atoms with Gasteiger partial charge in [-0.25, -0.2) is 4.79 Å². The van der Waals surface area contributed by atoms with Gasteiger partial charge in [0.25, 0.3) is 5.91 Å². The van der Waals surface area contributed by atoms with E-state index >= 15 is 0 Å². The number of ether oxygens (including phenoxy) is 2. The molecule has 0 spiro atoms. The molecule has 0 aliphatic carbocycles. The van der Waals surface area contributed by atoms with Crippen molar-refractivity contribution < 1.29 is 19.1 Å². The molecule has 2 aromatic rings. The van der Waals surface area contributed by atoms with Crippen LogP contribution in [-0.2, 0) is 33.7 Å². The lowest BCUT2D eigenvalue weighted by Gasteiger charge is -2.36. The average molecular weight is 400 g/mol. The van der Waals surface area contributed by atoms with Crippen LogP contribution < -0.4 is 0 Å². The molecule has 1 aromatic heterocycles. The summed E-state index contributed by atoms with van der Waals surface area (Å²) in [6.07, 6.45) is 2.75. The molecule has 5 nitrogen and oxygen atoms in total. The fourth-order valence-electron chi connectivity index (χ4n) is 4.23. The van der Waals surface area contributed by atoms with Crippen molar-refractivity contribution in [1.82, 2.24) is 4.90 Å². The van der Waals surface area contributed by atoms with E-state index in [2.05, 4.69) is 0 Å². The summed E-state index contributed by atoms with van der Waals surface area (Å²) in [6, 6.07) is 11.8. The maximum absolute atomic E-state index is 13.5. The molecule has 148 valence electrons. The number of rotatable bonds is 5. The Bertz CT molecular complexity index is 839. The molecule has 4 rings (SSSR count). The van der Waals surface area contributed by atoms with Gasteiger partial charge >= 0.3 is 5.97 Å². The zero-order valence-electron chi connectivity index (χ0n) is 16.1. The van der Waals surface area contributed by atoms with Gasteiger partial charge in [0.1, 0.15) is 5.54 Å². The minimum absolute atomic E-state index is 0.0686. The molecule has 0 saturated carbocycles. The molecule has 28 heavy (non-hydrogen) atoms. The van der Waals surface area contributed by atoms with Crippen LogP contribution in [-0.4, -0.2) is 42.1 Å². The smallest absolute Gasteiger partial charge is 0.332 e. The zero-order chi connectivity index (χ0) is 19.6. The van der Waals surface area contributed by atoms with E-state index in [0.29, 0.717) is 44.1 Å². The molecule has 2 aliphatic rings. The second kappa shape index (κ2) is 8.05. The third-order valence-electron chi connectivity index (χ3n) is 5.57. The van der Waals surface area contributed by atoms with Gasteiger partial charge in [0.05, 0.1) is 24.7 Å². The van der Waals surface area contributed by atoms with Crippen LogP contribution in [0.4, 0.5) is 0 Å². The van der Waals surface area contributed by atoms with Crippen LogP contribution in [0.5, 0.6) is 0 Å². The molecule has 1 amide bonds. The molecule has 3 heterocycles. The van der Waals surface area contributed by atoms with Crippen molar-refractivity contribution in [2.45, 2.75) is 44.8 Å². The molecule has 0 bridgehead atoms. The van der Waals surface area contributed by atoms with Gasteiger partial charge in [-0.05, 0) is 37.0 Å². The second-order valence-corrected chi connectivity index (χ2v) is 8.47. The van der Waals surface area contributed by atoms with Gasteiger partial charge in [-0.1, -0.05) is 30.3 Å². The molecule has 1 atom stereocenters. The van der Waals surface area contributed by atoms with E-state index in [0.717, 1.165) is 24.0 Å². The van der Waals surface area contributed by atoms with Gasteiger partial charge in [-0.15, -0.1) is 11.3 Å². The lowest BCUT2D eigenvalue weighted by Crippen LogP contribution is -2.55. The fraction of sp³-hybridized carbons (Fsp3) is 0.455. The number of hydrogen-bond acceptors (Lipinski definition) is 5. The van der Waals surface area contributed by atoms with Gasteiger partial charge in [-0.3, -0.25) is 4.79 Å². The predicted octanol–water partition coefficient (Wildman–Crippen LogP) is 3.60. The van der Waals surface area contributed by atoms with Crippen molar-refractivity contribution in [2.24, 2.45) is 0 Å². The fourth-order valence-corrected chi connectivity index (χ4v) is 5.33. The first-order chi connectivity index (χ1) is 13.6. The molecular formula is C22H25NO4S. The number of thiophene rings is 1. The Hall–Kier alpha value is -2.18. The zero-order valence-corrected chi connectivity index (χ0v) is 16.9. The van der Waals surface area contributed by atoms with E-state index in [1.54, 1.807) is 4.90 Å². The molecule has 1 aromatic carbocycles. The number of amides is 1. The maximum atomic E-state index is 13.5. The largest absolute Gasteiger partial charge is 0.464 e. The molecule has 6 heteroatoms. The van der Waals surface area contributed by atoms with Crippen LogP contribution in [0.2, 0.25) is 0 Å². The van der Waals surface area contributed by atoms with Crippen LogP contribution >= 0.6 is 11.3 Å². The monoisotopic (exact) mass is 399 g/mol. The summed E-state index contributed by atoms with van der Waals surface area (Å²) in [6.45, 7) is 3.95. The van der Waals surface area contributed by atoms with Crippen molar-refractivity contribution in [3.63, 3.8) is 0 Å². The van der Waals surface area contributed by atoms with E-state index in [1.165, 1.54) is 16.2 Å². The lowest BCUT2D eigenvalue weighted by molar-refractivity contribution is -0.154. The first kappa shape index (κ1) is 19.2. The molecule has 0 unspecified atom stereocenters. The van der Waals surface area contributed by atoms with Crippen molar-refractivity contribution in [2.75, 3.05) is 19.8 Å². The highest BCUT2D eigenvalue weighted by Gasteiger charge is 2.51. The maximum Gasteiger partial charge on any atom is 0.332 e. The van der Waals surface area contributed by atoms with Crippen LogP contribution in [0.1, 0.15) is 45.4 Å². The van der Waals surface area contributed by atoms with Gasteiger partial charge < -0.3 is 14.4 Å². The van der Waals surface area contributed by atoms with E-state index < -0.39 is 5.54 Å². The molecule has 0 N–H and O–H groups in total. The number of nitrogens with zero attached hydrogens (tertiary/aromatic N) is 1. The average Bonchev–Trinajstić information content (AvgIpc) is 3.33. The van der Waals surface area contributed by atoms with E-state index in [4.69, 9.17) is 9.47 Å². The summed E-state index contributed by atoms with van der Waals surface area (Å²) in [5.74, 6) is -0.366. The van der Waals surface area contributed by atoms with Crippen molar-refractivity contribution >= 4 is 23.2 Å². The van der Waals surface area contributed by atoms with E-state index in [1.807, 2.05) is 43.3 Å². The Morgan fingerprint density at radius 3 is 2.86 bits per heavy atom. The highest BCUT2D eigenvalue weighted by molar-refractivity contribution is 7.14. The number of esters is 1. The predicted molar refractivity (Wildman–Crippen MR) is 107 cm³/mol. The Kier molecular flexibility index (Phi) is 5.51.